The molecule has 2 aliphatic rings. The Labute approximate surface area is 113 Å². The fraction of sp³-hybridized carbons (Fsp3) is 0.846. The summed E-state index contributed by atoms with van der Waals surface area (Å²) in [6, 6.07) is -0.105. The molecule has 0 aromatic carbocycles. The van der Waals surface area contributed by atoms with Crippen molar-refractivity contribution in [1.29, 1.82) is 0 Å². The number of urea groups is 1. The summed E-state index contributed by atoms with van der Waals surface area (Å²) in [7, 11) is 0. The number of nitrogens with one attached hydrogen (secondary N) is 1. The van der Waals surface area contributed by atoms with Gasteiger partial charge in [0.1, 0.15) is 0 Å². The molecular weight excluding hydrogens is 248 g/mol. The Morgan fingerprint density at radius 1 is 1.37 bits per heavy atom. The smallest absolute Gasteiger partial charge is 0.317 e. The maximum Gasteiger partial charge on any atom is 0.317 e. The molecule has 1 aliphatic carbocycles. The Hall–Kier alpha value is -1.30. The Morgan fingerprint density at radius 2 is 2.16 bits per heavy atom. The van der Waals surface area contributed by atoms with Crippen LogP contribution in [0.15, 0.2) is 0 Å². The summed E-state index contributed by atoms with van der Waals surface area (Å²) in [5.41, 5.74) is 0. The van der Waals surface area contributed by atoms with Gasteiger partial charge in [0.25, 0.3) is 0 Å². The van der Waals surface area contributed by atoms with E-state index in [1.807, 2.05) is 6.92 Å². The molecule has 0 aromatic heterocycles. The number of nitrogens with zero attached hydrogens (tertiary/aromatic N) is 1. The number of carboxylic acid groups (broad SMARTS) is 1. The number of hydrogen-bond donors (Lipinski definition) is 2. The largest absolute Gasteiger partial charge is 0.481 e. The summed E-state index contributed by atoms with van der Waals surface area (Å²) in [5.74, 6) is -1.07. The number of aliphatic carboxylic acids is 1. The van der Waals surface area contributed by atoms with Gasteiger partial charge in [0.2, 0.25) is 0 Å². The highest BCUT2D eigenvalue weighted by atomic mass is 16.5. The minimum atomic E-state index is -0.751. The molecule has 0 aromatic rings. The van der Waals surface area contributed by atoms with Gasteiger partial charge in [0.05, 0.1) is 18.6 Å². The number of hydrogen-bond acceptors (Lipinski definition) is 3. The molecule has 2 amide bonds. The molecule has 1 aliphatic heterocycles. The van der Waals surface area contributed by atoms with Crippen LogP contribution in [0, 0.1) is 5.92 Å². The molecule has 2 N–H and O–H groups in total. The van der Waals surface area contributed by atoms with Crippen molar-refractivity contribution in [2.24, 2.45) is 5.92 Å². The molecule has 108 valence electrons. The molecule has 0 radical (unpaired) electrons. The summed E-state index contributed by atoms with van der Waals surface area (Å²) in [4.78, 5) is 24.8. The maximum absolute atomic E-state index is 12.1. The van der Waals surface area contributed by atoms with E-state index in [1.165, 1.54) is 0 Å². The van der Waals surface area contributed by atoms with Gasteiger partial charge in [-0.2, -0.15) is 0 Å². The first-order valence-electron chi connectivity index (χ1n) is 6.96. The second kappa shape index (κ2) is 6.23. The fourth-order valence-electron chi connectivity index (χ4n) is 2.81. The van der Waals surface area contributed by atoms with E-state index in [-0.39, 0.29) is 24.1 Å². The Bertz CT molecular complexity index is 348. The molecule has 0 bridgehead atoms. The molecule has 6 nitrogen and oxygen atoms in total. The zero-order valence-corrected chi connectivity index (χ0v) is 11.3. The highest BCUT2D eigenvalue weighted by Crippen LogP contribution is 2.24. The van der Waals surface area contributed by atoms with Gasteiger partial charge in [0.15, 0.2) is 0 Å². The van der Waals surface area contributed by atoms with E-state index in [0.29, 0.717) is 26.1 Å². The first kappa shape index (κ1) is 14.1. The van der Waals surface area contributed by atoms with Gasteiger partial charge >= 0.3 is 12.0 Å². The zero-order chi connectivity index (χ0) is 13.8. The van der Waals surface area contributed by atoms with Crippen LogP contribution in [-0.4, -0.2) is 53.8 Å². The summed E-state index contributed by atoms with van der Waals surface area (Å²) < 4.78 is 5.40. The van der Waals surface area contributed by atoms with Crippen LogP contribution in [0.4, 0.5) is 4.79 Å². The fourth-order valence-corrected chi connectivity index (χ4v) is 2.81. The first-order valence-corrected chi connectivity index (χ1v) is 6.96. The van der Waals surface area contributed by atoms with Gasteiger partial charge in [0, 0.05) is 19.1 Å². The van der Waals surface area contributed by atoms with E-state index in [9.17, 15) is 9.59 Å². The van der Waals surface area contributed by atoms with Crippen LogP contribution in [0.1, 0.15) is 32.6 Å². The van der Waals surface area contributed by atoms with Crippen LogP contribution in [-0.2, 0) is 9.53 Å². The van der Waals surface area contributed by atoms with Gasteiger partial charge < -0.3 is 20.1 Å². The third-order valence-electron chi connectivity index (χ3n) is 3.88. The van der Waals surface area contributed by atoms with Crippen molar-refractivity contribution in [1.82, 2.24) is 10.2 Å². The predicted octanol–water partition coefficient (Wildman–Crippen LogP) is 1.06. The van der Waals surface area contributed by atoms with Crippen LogP contribution in [0.3, 0.4) is 0 Å². The number of carbonyl (C=O) groups excluding carboxylic acids is 1. The van der Waals surface area contributed by atoms with Crippen LogP contribution in [0.25, 0.3) is 0 Å². The molecule has 1 heterocycles. The van der Waals surface area contributed by atoms with E-state index in [0.717, 1.165) is 19.3 Å². The molecule has 1 saturated carbocycles. The van der Waals surface area contributed by atoms with Crippen molar-refractivity contribution in [2.45, 2.75) is 44.8 Å². The van der Waals surface area contributed by atoms with E-state index in [4.69, 9.17) is 9.84 Å². The quantitative estimate of drug-likeness (QED) is 0.786. The van der Waals surface area contributed by atoms with Gasteiger partial charge in [-0.1, -0.05) is 6.42 Å². The number of carbonyl (C=O) groups is 2. The van der Waals surface area contributed by atoms with Gasteiger partial charge in [-0.15, -0.1) is 0 Å². The van der Waals surface area contributed by atoms with Gasteiger partial charge in [-0.3, -0.25) is 4.79 Å². The molecule has 19 heavy (non-hydrogen) atoms. The lowest BCUT2D eigenvalue weighted by Gasteiger charge is -2.34. The van der Waals surface area contributed by atoms with Crippen molar-refractivity contribution in [3.8, 4) is 0 Å². The number of carboxylic acids is 1. The van der Waals surface area contributed by atoms with Gasteiger partial charge in [-0.25, -0.2) is 4.79 Å². The third-order valence-corrected chi connectivity index (χ3v) is 3.88. The summed E-state index contributed by atoms with van der Waals surface area (Å²) in [5, 5.41) is 12.0. The normalized spacial score (nSPS) is 31.8. The number of morpholine rings is 1. The highest BCUT2D eigenvalue weighted by molar-refractivity contribution is 5.75. The molecule has 1 saturated heterocycles. The average molecular weight is 270 g/mol. The van der Waals surface area contributed by atoms with Crippen LogP contribution in [0.2, 0.25) is 0 Å². The monoisotopic (exact) mass is 270 g/mol. The Kier molecular flexibility index (Phi) is 4.63. The van der Waals surface area contributed by atoms with E-state index < -0.39 is 5.97 Å². The predicted molar refractivity (Wildman–Crippen MR) is 68.9 cm³/mol. The Balaban J connectivity index is 1.82. The maximum atomic E-state index is 12.1. The number of ether oxygens (including phenoxy) is 1. The Morgan fingerprint density at radius 3 is 2.84 bits per heavy atom. The summed E-state index contributed by atoms with van der Waals surface area (Å²) in [6.45, 7) is 3.71. The second-order valence-corrected chi connectivity index (χ2v) is 5.48. The third kappa shape index (κ3) is 3.83. The topological polar surface area (TPSA) is 78.9 Å². The highest BCUT2D eigenvalue weighted by Gasteiger charge is 2.29. The lowest BCUT2D eigenvalue weighted by molar-refractivity contribution is -0.143. The molecule has 3 atom stereocenters. The van der Waals surface area contributed by atoms with Crippen molar-refractivity contribution in [2.75, 3.05) is 19.7 Å². The van der Waals surface area contributed by atoms with E-state index in [1.54, 1.807) is 4.90 Å². The number of rotatable bonds is 2. The molecule has 0 spiro atoms. The van der Waals surface area contributed by atoms with Gasteiger partial charge in [-0.05, 0) is 26.2 Å². The van der Waals surface area contributed by atoms with Crippen LogP contribution >= 0.6 is 0 Å². The van der Waals surface area contributed by atoms with E-state index in [2.05, 4.69) is 5.32 Å². The van der Waals surface area contributed by atoms with Crippen LogP contribution < -0.4 is 5.32 Å². The standard InChI is InChI=1S/C13H22N2O4/c1-9-8-15(5-6-19-9)13(18)14-11-4-2-3-10(7-11)12(16)17/h9-11H,2-8H2,1H3,(H,14,18)(H,16,17). The van der Waals surface area contributed by atoms with Crippen molar-refractivity contribution in [3.05, 3.63) is 0 Å². The second-order valence-electron chi connectivity index (χ2n) is 5.48. The summed E-state index contributed by atoms with van der Waals surface area (Å²) in [6.07, 6.45) is 3.06. The lowest BCUT2D eigenvalue weighted by Crippen LogP contribution is -2.52. The molecule has 6 heteroatoms. The van der Waals surface area contributed by atoms with Crippen LogP contribution in [0.5, 0.6) is 0 Å². The minimum Gasteiger partial charge on any atom is -0.481 e. The number of amides is 2. The SMILES string of the molecule is CC1CN(C(=O)NC2CCCC(C(=O)O)C2)CCO1. The minimum absolute atomic E-state index is 0.0134. The average Bonchev–Trinajstić information content (AvgIpc) is 2.39. The molecular formula is C13H22N2O4. The molecule has 3 unspecified atom stereocenters. The van der Waals surface area contributed by atoms with Crippen molar-refractivity contribution in [3.63, 3.8) is 0 Å². The molecule has 2 fully saturated rings. The summed E-state index contributed by atoms with van der Waals surface area (Å²) >= 11 is 0. The zero-order valence-electron chi connectivity index (χ0n) is 11.3. The molecule has 2 rings (SSSR count). The lowest BCUT2D eigenvalue weighted by atomic mass is 9.86. The van der Waals surface area contributed by atoms with Crippen molar-refractivity contribution >= 4 is 12.0 Å². The van der Waals surface area contributed by atoms with E-state index >= 15 is 0 Å². The van der Waals surface area contributed by atoms with Crippen molar-refractivity contribution < 1.29 is 19.4 Å². The first-order chi connectivity index (χ1) is 9.06.